The molecule has 3 amide bonds. The second-order valence-corrected chi connectivity index (χ2v) is 14.7. The van der Waals surface area contributed by atoms with E-state index in [1.807, 2.05) is 0 Å². The molecular weight excluding hydrogens is 585 g/mol. The third-order valence-corrected chi connectivity index (χ3v) is 9.16. The minimum Gasteiger partial charge on any atom is -0.444 e. The summed E-state index contributed by atoms with van der Waals surface area (Å²) in [5, 5.41) is 18.2. The third kappa shape index (κ3) is 9.68. The normalized spacial score (nSPS) is 26.6. The maximum absolute atomic E-state index is 13.7. The molecule has 16 heteroatoms. The van der Waals surface area contributed by atoms with E-state index in [-0.39, 0.29) is 49.3 Å². The van der Waals surface area contributed by atoms with Crippen molar-refractivity contribution in [1.82, 2.24) is 21.4 Å². The molecule has 0 radical (unpaired) electrons. The summed E-state index contributed by atoms with van der Waals surface area (Å²) in [5.74, 6) is -0.490. The summed E-state index contributed by atoms with van der Waals surface area (Å²) in [4.78, 5) is 53.0. The highest BCUT2D eigenvalue weighted by atomic mass is 16.7. The van der Waals surface area contributed by atoms with Crippen LogP contribution in [0.5, 0.6) is 0 Å². The first-order valence-corrected chi connectivity index (χ1v) is 15.9. The number of ether oxygens (including phenoxy) is 1. The van der Waals surface area contributed by atoms with Crippen LogP contribution in [0.25, 0.3) is 0 Å². The molecule has 3 aliphatic carbocycles. The lowest BCUT2D eigenvalue weighted by atomic mass is 9.43. The Kier molecular flexibility index (Phi) is 11.7. The summed E-state index contributed by atoms with van der Waals surface area (Å²) in [6, 6.07) is -0.945. The van der Waals surface area contributed by atoms with E-state index in [0.717, 1.165) is 12.8 Å². The van der Waals surface area contributed by atoms with Gasteiger partial charge in [-0.2, -0.15) is 0 Å². The van der Waals surface area contributed by atoms with Gasteiger partial charge in [0.1, 0.15) is 11.6 Å². The number of carbonyl (C=O) groups is 3. The molecule has 0 spiro atoms. The molecular formula is C29H52BN7O8. The van der Waals surface area contributed by atoms with E-state index in [2.05, 4.69) is 55.6 Å². The van der Waals surface area contributed by atoms with Crippen molar-refractivity contribution in [3.63, 3.8) is 0 Å². The molecule has 1 saturated heterocycles. The number of nitrogens with zero attached hydrogens (tertiary/aromatic N) is 2. The molecule has 4 fully saturated rings. The van der Waals surface area contributed by atoms with E-state index in [1.165, 1.54) is 0 Å². The number of guanidine groups is 1. The smallest absolute Gasteiger partial charge is 0.444 e. The summed E-state index contributed by atoms with van der Waals surface area (Å²) in [6.07, 6.45) is 2.35. The Labute approximate surface area is 266 Å². The van der Waals surface area contributed by atoms with Gasteiger partial charge in [0.25, 0.3) is 5.96 Å². The van der Waals surface area contributed by atoms with E-state index in [9.17, 15) is 24.5 Å². The largest absolute Gasteiger partial charge is 0.481 e. The number of rotatable bonds is 14. The molecule has 1 heterocycles. The maximum atomic E-state index is 13.7. The Balaban J connectivity index is 1.66. The number of hydrogen-bond acceptors (Lipinski definition) is 9. The minimum atomic E-state index is -0.945. The fourth-order valence-corrected chi connectivity index (χ4v) is 6.85. The highest BCUT2D eigenvalue weighted by Crippen LogP contribution is 2.65. The van der Waals surface area contributed by atoms with E-state index in [0.29, 0.717) is 24.7 Å². The molecule has 0 aromatic heterocycles. The SMILES string of the molecule is CC(C)C[C@H](NC(=O)[C@H](CCCN=C(N)N[N+](=O)[O-])NC(=O)CCNC(=O)OC(C)(C)C)B1O[C@@H]2C[C@@H]3C[C@@H](C3(C)C)[C@]2(C)O1. The number of amides is 3. The minimum absolute atomic E-state index is 0.0146. The second-order valence-electron chi connectivity index (χ2n) is 14.7. The average molecular weight is 638 g/mol. The summed E-state index contributed by atoms with van der Waals surface area (Å²) < 4.78 is 18.3. The fourth-order valence-electron chi connectivity index (χ4n) is 6.85. The van der Waals surface area contributed by atoms with E-state index < -0.39 is 53.2 Å². The van der Waals surface area contributed by atoms with E-state index >= 15 is 0 Å². The van der Waals surface area contributed by atoms with Crippen molar-refractivity contribution in [2.24, 2.45) is 33.9 Å². The lowest BCUT2D eigenvalue weighted by Crippen LogP contribution is -2.65. The summed E-state index contributed by atoms with van der Waals surface area (Å²) in [5.41, 5.74) is 6.33. The third-order valence-electron chi connectivity index (χ3n) is 9.16. The van der Waals surface area contributed by atoms with Crippen molar-refractivity contribution in [2.45, 2.75) is 123 Å². The van der Waals surface area contributed by atoms with Crippen LogP contribution in [-0.4, -0.2) is 78.4 Å². The first-order valence-electron chi connectivity index (χ1n) is 15.9. The van der Waals surface area contributed by atoms with E-state index in [1.54, 1.807) is 26.2 Å². The number of carbonyl (C=O) groups excluding carboxylic acids is 3. The molecule has 4 aliphatic rings. The molecule has 15 nitrogen and oxygen atoms in total. The topological polar surface area (TPSA) is 209 Å². The van der Waals surface area contributed by atoms with Crippen LogP contribution in [0.1, 0.15) is 93.9 Å². The summed E-state index contributed by atoms with van der Waals surface area (Å²) in [7, 11) is -0.631. The van der Waals surface area contributed by atoms with Crippen LogP contribution < -0.4 is 27.1 Å². The predicted octanol–water partition coefficient (Wildman–Crippen LogP) is 2.06. The van der Waals surface area contributed by atoms with Gasteiger partial charge in [-0.15, -0.1) is 0 Å². The number of hydrogen-bond donors (Lipinski definition) is 5. The van der Waals surface area contributed by atoms with Gasteiger partial charge in [-0.25, -0.2) is 19.9 Å². The molecule has 2 bridgehead atoms. The van der Waals surface area contributed by atoms with Gasteiger partial charge in [0.2, 0.25) is 11.8 Å². The highest BCUT2D eigenvalue weighted by Gasteiger charge is 2.68. The molecule has 0 unspecified atom stereocenters. The number of aliphatic imine (C=N–C) groups is 1. The standard InChI is InChI=1S/C29H52BN7O8/c1-17(2)14-22(30-44-21-16-18-15-20(28(18,6)7)29(21,8)45-30)35-24(39)19(10-9-12-32-25(31)36-37(41)42)34-23(38)11-13-33-26(40)43-27(3,4)5/h17-22H,9-16H2,1-8H3,(H,33,40)(H,34,38)(H,35,39)(H3,31,32,36)/t18-,19-,20-,21+,22-,29-/m0/s1. The number of nitro groups is 1. The predicted molar refractivity (Wildman–Crippen MR) is 168 cm³/mol. The van der Waals surface area contributed by atoms with Gasteiger partial charge < -0.3 is 35.7 Å². The molecule has 45 heavy (non-hydrogen) atoms. The van der Waals surface area contributed by atoms with Crippen LogP contribution >= 0.6 is 0 Å². The van der Waals surface area contributed by atoms with E-state index in [4.69, 9.17) is 19.8 Å². The van der Waals surface area contributed by atoms with Gasteiger partial charge in [0, 0.05) is 19.5 Å². The van der Waals surface area contributed by atoms with Crippen LogP contribution in [0.4, 0.5) is 4.79 Å². The van der Waals surface area contributed by atoms with Crippen molar-refractivity contribution in [3.05, 3.63) is 10.1 Å². The van der Waals surface area contributed by atoms with Gasteiger partial charge in [-0.3, -0.25) is 9.59 Å². The van der Waals surface area contributed by atoms with Gasteiger partial charge in [-0.05, 0) is 83.0 Å². The summed E-state index contributed by atoms with van der Waals surface area (Å²) >= 11 is 0. The first-order chi connectivity index (χ1) is 20.8. The van der Waals surface area contributed by atoms with Crippen LogP contribution in [-0.2, 0) is 23.6 Å². The van der Waals surface area contributed by atoms with Crippen LogP contribution in [0.2, 0.25) is 0 Å². The molecule has 254 valence electrons. The molecule has 4 rings (SSSR count). The monoisotopic (exact) mass is 637 g/mol. The Bertz CT molecular complexity index is 1130. The quantitative estimate of drug-likeness (QED) is 0.0468. The van der Waals surface area contributed by atoms with Gasteiger partial charge >= 0.3 is 13.2 Å². The molecule has 3 saturated carbocycles. The lowest BCUT2D eigenvalue weighted by molar-refractivity contribution is -0.525. The van der Waals surface area contributed by atoms with Crippen LogP contribution in [0, 0.1) is 33.3 Å². The molecule has 6 N–H and O–H groups in total. The van der Waals surface area contributed by atoms with Gasteiger partial charge in [0.05, 0.1) is 17.6 Å². The Morgan fingerprint density at radius 1 is 1.18 bits per heavy atom. The number of alkyl carbamates (subject to hydrolysis) is 1. The zero-order chi connectivity index (χ0) is 33.7. The Morgan fingerprint density at radius 3 is 2.47 bits per heavy atom. The Hall–Kier alpha value is -3.14. The molecule has 6 atom stereocenters. The average Bonchev–Trinajstić information content (AvgIpc) is 3.25. The number of hydrazine groups is 1. The lowest BCUT2D eigenvalue weighted by Gasteiger charge is -2.64. The van der Waals surface area contributed by atoms with Crippen LogP contribution in [0.15, 0.2) is 4.99 Å². The van der Waals surface area contributed by atoms with Crippen molar-refractivity contribution in [3.8, 4) is 0 Å². The van der Waals surface area contributed by atoms with Crippen molar-refractivity contribution < 1.29 is 33.5 Å². The summed E-state index contributed by atoms with van der Waals surface area (Å²) in [6.45, 7) is 16.1. The zero-order valence-corrected chi connectivity index (χ0v) is 27.9. The number of nitrogens with two attached hydrogens (primary N) is 1. The fraction of sp³-hybridized carbons (Fsp3) is 0.862. The van der Waals surface area contributed by atoms with Crippen molar-refractivity contribution in [2.75, 3.05) is 13.1 Å². The van der Waals surface area contributed by atoms with Gasteiger partial charge in [0.15, 0.2) is 5.03 Å². The Morgan fingerprint density at radius 2 is 1.87 bits per heavy atom. The van der Waals surface area contributed by atoms with Crippen molar-refractivity contribution in [1.29, 1.82) is 0 Å². The molecule has 0 aromatic rings. The molecule has 0 aromatic carbocycles. The first kappa shape index (κ1) is 36.3. The maximum Gasteiger partial charge on any atom is 0.481 e. The second kappa shape index (κ2) is 14.5. The zero-order valence-electron chi connectivity index (χ0n) is 27.9. The van der Waals surface area contributed by atoms with Gasteiger partial charge in [-0.1, -0.05) is 33.1 Å². The number of nitrogens with one attached hydrogen (secondary N) is 4. The molecule has 1 aliphatic heterocycles. The highest BCUT2D eigenvalue weighted by molar-refractivity contribution is 6.48. The van der Waals surface area contributed by atoms with Crippen molar-refractivity contribution >= 4 is 31.0 Å². The van der Waals surface area contributed by atoms with Crippen LogP contribution in [0.3, 0.4) is 0 Å².